The molecule has 2 saturated carbocycles. The van der Waals surface area contributed by atoms with Gasteiger partial charge in [0.25, 0.3) is 5.92 Å². The third kappa shape index (κ3) is 6.34. The van der Waals surface area contributed by atoms with Gasteiger partial charge >= 0.3 is 6.18 Å². The Bertz CT molecular complexity index is 2270. The Hall–Kier alpha value is -4.83. The molecule has 8 rings (SSSR count). The topological polar surface area (TPSA) is 85.1 Å². The molecule has 4 aromatic rings. The summed E-state index contributed by atoms with van der Waals surface area (Å²) < 4.78 is 102. The molecule has 2 aromatic heterocycles. The van der Waals surface area contributed by atoms with Gasteiger partial charge in [0.15, 0.2) is 17.3 Å². The van der Waals surface area contributed by atoms with Crippen LogP contribution < -0.4 is 0 Å². The number of hydrogen-bond acceptors (Lipinski definition) is 5. The lowest BCUT2D eigenvalue weighted by Gasteiger charge is -2.21. The van der Waals surface area contributed by atoms with Crippen molar-refractivity contribution in [1.82, 2.24) is 14.8 Å². The molecule has 4 aliphatic carbocycles. The number of rotatable bonds is 8. The zero-order valence-corrected chi connectivity index (χ0v) is 28.6. The molecule has 53 heavy (non-hydrogen) atoms. The molecule has 0 radical (unpaired) electrons. The smallest absolute Gasteiger partial charge is 0.378 e. The van der Waals surface area contributed by atoms with Crippen LogP contribution in [0.4, 0.5) is 30.7 Å². The molecule has 1 N–H and O–H groups in total. The highest BCUT2D eigenvalue weighted by molar-refractivity contribution is 6.04. The fourth-order valence-corrected chi connectivity index (χ4v) is 8.19. The number of aromatic nitrogens is 3. The summed E-state index contributed by atoms with van der Waals surface area (Å²) in [5, 5.41) is 13.7. The zero-order chi connectivity index (χ0) is 37.8. The molecule has 4 aliphatic rings. The standard InChI is InChI=1S/C40H32F7N3O3/c1-37(2,53)8-7-25-4-5-27(21-3-6-30-28(15-21)32(52)18-38(30)9-10-38)34(48-25)22(11-20-12-23(41)16-24(42)13-20)14-26(51)19-50-36-33(35(49-50)40(45,46)47)29-17-31(29)39(36,43)44/h3-6,12-13,15-16,22,29,31,53H,9-11,14,17-19H2,1-2H3/t22-,29+,31-/m1/s1. The van der Waals surface area contributed by atoms with Crippen LogP contribution in [0.25, 0.3) is 11.1 Å². The third-order valence-electron chi connectivity index (χ3n) is 10.8. The normalized spacial score (nSPS) is 20.8. The molecule has 6 nitrogen and oxygen atoms in total. The molecule has 0 saturated heterocycles. The Kier molecular flexibility index (Phi) is 7.86. The van der Waals surface area contributed by atoms with Crippen LogP contribution in [-0.2, 0) is 35.3 Å². The van der Waals surface area contributed by atoms with Gasteiger partial charge in [0.2, 0.25) is 0 Å². The van der Waals surface area contributed by atoms with Gasteiger partial charge in [0.05, 0.1) is 5.69 Å². The maximum absolute atomic E-state index is 15.3. The highest BCUT2D eigenvalue weighted by atomic mass is 19.4. The number of pyridine rings is 1. The van der Waals surface area contributed by atoms with E-state index in [4.69, 9.17) is 4.98 Å². The van der Waals surface area contributed by atoms with Gasteiger partial charge in [0.1, 0.15) is 35.2 Å². The Morgan fingerprint density at radius 2 is 1.75 bits per heavy atom. The molecule has 0 unspecified atom stereocenters. The van der Waals surface area contributed by atoms with Gasteiger partial charge in [-0.05, 0) is 98.4 Å². The van der Waals surface area contributed by atoms with E-state index >= 15 is 8.78 Å². The summed E-state index contributed by atoms with van der Waals surface area (Å²) in [7, 11) is 0. The van der Waals surface area contributed by atoms with Crippen LogP contribution in [0.3, 0.4) is 0 Å². The lowest BCUT2D eigenvalue weighted by Crippen LogP contribution is -2.24. The Morgan fingerprint density at radius 3 is 2.42 bits per heavy atom. The molecule has 0 aliphatic heterocycles. The van der Waals surface area contributed by atoms with Gasteiger partial charge in [-0.3, -0.25) is 14.3 Å². The van der Waals surface area contributed by atoms with Gasteiger partial charge < -0.3 is 5.11 Å². The summed E-state index contributed by atoms with van der Waals surface area (Å²) in [6.45, 7) is 2.02. The van der Waals surface area contributed by atoms with Crippen molar-refractivity contribution in [3.05, 3.63) is 105 Å². The maximum atomic E-state index is 15.3. The molecule has 0 amide bonds. The van der Waals surface area contributed by atoms with Crippen molar-refractivity contribution in [2.75, 3.05) is 0 Å². The van der Waals surface area contributed by atoms with Gasteiger partial charge in [-0.25, -0.2) is 13.8 Å². The molecule has 13 heteroatoms. The molecule has 2 fully saturated rings. The molecule has 274 valence electrons. The fraction of sp³-hybridized carbons (Fsp3) is 0.400. The number of Topliss-reactive ketones (excluding diaryl/α,β-unsaturated/α-hetero) is 2. The second-order valence-electron chi connectivity index (χ2n) is 15.3. The molecule has 2 aromatic carbocycles. The summed E-state index contributed by atoms with van der Waals surface area (Å²) in [6, 6.07) is 11.5. The number of hydrogen-bond donors (Lipinski definition) is 1. The van der Waals surface area contributed by atoms with Gasteiger partial charge in [-0.15, -0.1) is 0 Å². The number of carbonyl (C=O) groups excluding carboxylic acids is 2. The van der Waals surface area contributed by atoms with E-state index in [0.29, 0.717) is 33.9 Å². The van der Waals surface area contributed by atoms with Gasteiger partial charge in [0, 0.05) is 52.8 Å². The summed E-state index contributed by atoms with van der Waals surface area (Å²) in [5.74, 6) is -4.01. The van der Waals surface area contributed by atoms with E-state index in [-0.39, 0.29) is 41.0 Å². The first-order valence-corrected chi connectivity index (χ1v) is 17.3. The van der Waals surface area contributed by atoms with Crippen molar-refractivity contribution < 1.29 is 45.4 Å². The van der Waals surface area contributed by atoms with Crippen LogP contribution in [0.15, 0.2) is 48.5 Å². The number of aliphatic hydroxyl groups is 1. The van der Waals surface area contributed by atoms with Crippen LogP contribution in [-0.4, -0.2) is 37.0 Å². The number of alkyl halides is 5. The predicted molar refractivity (Wildman–Crippen MR) is 177 cm³/mol. The van der Waals surface area contributed by atoms with E-state index in [0.717, 1.165) is 30.5 Å². The van der Waals surface area contributed by atoms with Crippen molar-refractivity contribution in [1.29, 1.82) is 0 Å². The SMILES string of the molecule is CC(C)(O)C#Cc1ccc(-c2ccc3c(c2)C(=O)CC32CC2)c([C@@H](CC(=O)Cn2nc(C(F)(F)F)c3c2C(F)(F)[C@@H]2C[C@H]32)Cc2cc(F)cc(F)c2)n1. The van der Waals surface area contributed by atoms with Crippen LogP contribution in [0, 0.1) is 29.4 Å². The molecular formula is C40H32F7N3O3. The van der Waals surface area contributed by atoms with E-state index in [2.05, 4.69) is 16.9 Å². The molecular weight excluding hydrogens is 703 g/mol. The van der Waals surface area contributed by atoms with Crippen LogP contribution in [0.1, 0.15) is 108 Å². The van der Waals surface area contributed by atoms with Crippen LogP contribution in [0.2, 0.25) is 0 Å². The number of halogens is 7. The third-order valence-corrected chi connectivity index (χ3v) is 10.8. The van der Waals surface area contributed by atoms with Crippen LogP contribution in [0.5, 0.6) is 0 Å². The second kappa shape index (κ2) is 11.8. The number of fused-ring (bicyclic) bond motifs is 5. The summed E-state index contributed by atoms with van der Waals surface area (Å²) in [4.78, 5) is 31.7. The van der Waals surface area contributed by atoms with E-state index < -0.39 is 82.8 Å². The monoisotopic (exact) mass is 735 g/mol. The highest BCUT2D eigenvalue weighted by Crippen LogP contribution is 2.68. The van der Waals surface area contributed by atoms with Crippen molar-refractivity contribution in [2.45, 2.75) is 93.9 Å². The number of nitrogens with zero attached hydrogens (tertiary/aromatic N) is 3. The first kappa shape index (κ1) is 35.2. The minimum Gasteiger partial charge on any atom is -0.378 e. The van der Waals surface area contributed by atoms with E-state index in [1.54, 1.807) is 18.2 Å². The second-order valence-corrected chi connectivity index (χ2v) is 15.3. The Morgan fingerprint density at radius 1 is 1.04 bits per heavy atom. The molecule has 1 spiro atoms. The predicted octanol–water partition coefficient (Wildman–Crippen LogP) is 8.18. The average molecular weight is 736 g/mol. The number of carbonyl (C=O) groups is 2. The van der Waals surface area contributed by atoms with E-state index in [9.17, 15) is 36.6 Å². The van der Waals surface area contributed by atoms with E-state index in [1.807, 2.05) is 12.1 Å². The lowest BCUT2D eigenvalue weighted by molar-refractivity contribution is -0.142. The lowest BCUT2D eigenvalue weighted by atomic mass is 9.85. The fourth-order valence-electron chi connectivity index (χ4n) is 8.19. The summed E-state index contributed by atoms with van der Waals surface area (Å²) >= 11 is 0. The van der Waals surface area contributed by atoms with E-state index in [1.165, 1.54) is 13.8 Å². The first-order chi connectivity index (χ1) is 24.8. The van der Waals surface area contributed by atoms with Crippen molar-refractivity contribution in [3.8, 4) is 23.0 Å². The molecule has 0 bridgehead atoms. The zero-order valence-electron chi connectivity index (χ0n) is 28.6. The van der Waals surface area contributed by atoms with Crippen molar-refractivity contribution in [3.63, 3.8) is 0 Å². The van der Waals surface area contributed by atoms with Crippen molar-refractivity contribution in [2.24, 2.45) is 5.92 Å². The number of benzene rings is 2. The Balaban J connectivity index is 1.22. The first-order valence-electron chi connectivity index (χ1n) is 17.3. The van der Waals surface area contributed by atoms with Gasteiger partial charge in [-0.1, -0.05) is 18.1 Å². The largest absolute Gasteiger partial charge is 0.435 e. The van der Waals surface area contributed by atoms with Crippen molar-refractivity contribution >= 4 is 11.6 Å². The van der Waals surface area contributed by atoms with Crippen LogP contribution >= 0.6 is 0 Å². The number of ketones is 2. The molecule has 2 heterocycles. The molecule has 3 atom stereocenters. The minimum absolute atomic E-state index is 0.0112. The Labute approximate surface area is 299 Å². The average Bonchev–Trinajstić information content (AvgIpc) is 3.95. The minimum atomic E-state index is -5.02. The highest BCUT2D eigenvalue weighted by Gasteiger charge is 2.68. The summed E-state index contributed by atoms with van der Waals surface area (Å²) in [5.41, 5.74) is -1.46. The quantitative estimate of drug-likeness (QED) is 0.146. The van der Waals surface area contributed by atoms with Gasteiger partial charge in [-0.2, -0.15) is 27.1 Å². The maximum Gasteiger partial charge on any atom is 0.435 e. The summed E-state index contributed by atoms with van der Waals surface area (Å²) in [6.07, 6.45) is -3.61.